The number of carbonyl (C=O) groups excluding carboxylic acids is 1. The molecule has 0 aliphatic heterocycles. The average molecular weight is 211 g/mol. The van der Waals surface area contributed by atoms with Gasteiger partial charge >= 0.3 is 5.97 Å². The second-order valence-electron chi connectivity index (χ2n) is 3.66. The number of hydrogen-bond donors (Lipinski definition) is 2. The van der Waals surface area contributed by atoms with Gasteiger partial charge in [-0.25, -0.2) is 4.79 Å². The number of carboxylic acids is 1. The summed E-state index contributed by atoms with van der Waals surface area (Å²) in [6, 6.07) is 1.19. The van der Waals surface area contributed by atoms with Gasteiger partial charge in [-0.3, -0.25) is 9.48 Å². The first kappa shape index (κ1) is 11.2. The molecule has 3 N–H and O–H groups in total. The lowest BCUT2D eigenvalue weighted by Crippen LogP contribution is -2.19. The highest BCUT2D eigenvalue weighted by Crippen LogP contribution is 2.07. The first-order chi connectivity index (χ1) is 6.91. The second kappa shape index (κ2) is 4.12. The molecule has 0 saturated carbocycles. The highest BCUT2D eigenvalue weighted by Gasteiger charge is 2.16. The molecule has 82 valence electrons. The van der Waals surface area contributed by atoms with E-state index in [4.69, 9.17) is 10.8 Å². The van der Waals surface area contributed by atoms with E-state index in [1.807, 2.05) is 13.8 Å². The second-order valence-corrected chi connectivity index (χ2v) is 3.66. The molecule has 15 heavy (non-hydrogen) atoms. The van der Waals surface area contributed by atoms with Gasteiger partial charge in [0.1, 0.15) is 5.69 Å². The predicted octanol–water partition coefficient (Wildman–Crippen LogP) is 0.336. The summed E-state index contributed by atoms with van der Waals surface area (Å²) in [6.07, 6.45) is 0. The Morgan fingerprint density at radius 2 is 2.20 bits per heavy atom. The number of aromatic nitrogens is 2. The summed E-state index contributed by atoms with van der Waals surface area (Å²) in [7, 11) is 0. The van der Waals surface area contributed by atoms with Gasteiger partial charge in [0.05, 0.1) is 0 Å². The lowest BCUT2D eigenvalue weighted by atomic mass is 10.2. The molecule has 1 aromatic rings. The van der Waals surface area contributed by atoms with Gasteiger partial charge < -0.3 is 10.8 Å². The van der Waals surface area contributed by atoms with Gasteiger partial charge in [0, 0.05) is 12.6 Å². The quantitative estimate of drug-likeness (QED) is 0.750. The van der Waals surface area contributed by atoms with Crippen molar-refractivity contribution in [2.45, 2.75) is 20.4 Å². The molecule has 6 heteroatoms. The monoisotopic (exact) mass is 211 g/mol. The van der Waals surface area contributed by atoms with Gasteiger partial charge in [-0.1, -0.05) is 13.8 Å². The van der Waals surface area contributed by atoms with E-state index < -0.39 is 11.9 Å². The van der Waals surface area contributed by atoms with Gasteiger partial charge in [0.2, 0.25) is 0 Å². The number of nitrogens with two attached hydrogens (primary N) is 1. The minimum absolute atomic E-state index is 0.126. The number of rotatable bonds is 4. The van der Waals surface area contributed by atoms with Crippen molar-refractivity contribution in [3.05, 3.63) is 17.5 Å². The van der Waals surface area contributed by atoms with Crippen LogP contribution in [0.3, 0.4) is 0 Å². The van der Waals surface area contributed by atoms with Crippen molar-refractivity contribution in [3.63, 3.8) is 0 Å². The molecule has 6 nitrogen and oxygen atoms in total. The lowest BCUT2D eigenvalue weighted by Gasteiger charge is -2.06. The standard InChI is InChI=1S/C9H13N3O3/c1-5(2)4-12-7(8(10)13)3-6(11-12)9(14)15/h3,5H,4H2,1-2H3,(H2,10,13)(H,14,15). The van der Waals surface area contributed by atoms with E-state index in [1.165, 1.54) is 10.7 Å². The van der Waals surface area contributed by atoms with Crippen molar-refractivity contribution in [1.29, 1.82) is 0 Å². The summed E-state index contributed by atoms with van der Waals surface area (Å²) >= 11 is 0. The Hall–Kier alpha value is -1.85. The van der Waals surface area contributed by atoms with Crippen molar-refractivity contribution in [3.8, 4) is 0 Å². The maximum atomic E-state index is 11.0. The predicted molar refractivity (Wildman–Crippen MR) is 52.5 cm³/mol. The molecular weight excluding hydrogens is 198 g/mol. The normalized spacial score (nSPS) is 10.6. The fourth-order valence-electron chi connectivity index (χ4n) is 1.20. The largest absolute Gasteiger partial charge is 0.476 e. The Kier molecular flexibility index (Phi) is 3.08. The van der Waals surface area contributed by atoms with Gasteiger partial charge in [-0.2, -0.15) is 5.10 Å². The minimum atomic E-state index is -1.17. The third kappa shape index (κ3) is 2.55. The first-order valence-electron chi connectivity index (χ1n) is 4.52. The average Bonchev–Trinajstić information content (AvgIpc) is 2.46. The zero-order valence-corrected chi connectivity index (χ0v) is 8.60. The number of primary amides is 1. The van der Waals surface area contributed by atoms with Crippen LogP contribution in [0.4, 0.5) is 0 Å². The molecule has 1 amide bonds. The van der Waals surface area contributed by atoms with E-state index in [-0.39, 0.29) is 17.3 Å². The van der Waals surface area contributed by atoms with Crippen molar-refractivity contribution < 1.29 is 14.7 Å². The Bertz CT molecular complexity index is 395. The van der Waals surface area contributed by atoms with Crippen molar-refractivity contribution in [2.75, 3.05) is 0 Å². The summed E-state index contributed by atoms with van der Waals surface area (Å²) in [5.74, 6) is -1.58. The molecule has 0 aliphatic carbocycles. The van der Waals surface area contributed by atoms with Crippen LogP contribution in [0.2, 0.25) is 0 Å². The van der Waals surface area contributed by atoms with Crippen LogP contribution in [-0.4, -0.2) is 26.8 Å². The number of carboxylic acid groups (broad SMARTS) is 1. The highest BCUT2D eigenvalue weighted by molar-refractivity contribution is 5.94. The molecule has 0 unspecified atom stereocenters. The molecule has 0 fully saturated rings. The van der Waals surface area contributed by atoms with E-state index in [0.29, 0.717) is 6.54 Å². The summed E-state index contributed by atoms with van der Waals surface area (Å²) in [6.45, 7) is 4.34. The van der Waals surface area contributed by atoms with Crippen LogP contribution in [-0.2, 0) is 6.54 Å². The van der Waals surface area contributed by atoms with Gasteiger partial charge in [-0.15, -0.1) is 0 Å². The van der Waals surface area contributed by atoms with Crippen LogP contribution >= 0.6 is 0 Å². The maximum absolute atomic E-state index is 11.0. The van der Waals surface area contributed by atoms with Crippen LogP contribution in [0.5, 0.6) is 0 Å². The molecule has 0 aromatic carbocycles. The Morgan fingerprint density at radius 1 is 1.60 bits per heavy atom. The summed E-state index contributed by atoms with van der Waals surface area (Å²) < 4.78 is 1.33. The smallest absolute Gasteiger partial charge is 0.356 e. The number of nitrogens with zero attached hydrogens (tertiary/aromatic N) is 2. The van der Waals surface area contributed by atoms with Gasteiger partial charge in [-0.05, 0) is 5.92 Å². The number of hydrogen-bond acceptors (Lipinski definition) is 3. The van der Waals surface area contributed by atoms with Crippen molar-refractivity contribution in [2.24, 2.45) is 11.7 Å². The fourth-order valence-corrected chi connectivity index (χ4v) is 1.20. The Labute approximate surface area is 86.7 Å². The van der Waals surface area contributed by atoms with Crippen molar-refractivity contribution >= 4 is 11.9 Å². The van der Waals surface area contributed by atoms with Gasteiger partial charge in [0.25, 0.3) is 5.91 Å². The molecule has 0 spiro atoms. The summed E-state index contributed by atoms with van der Waals surface area (Å²) in [5, 5.41) is 12.5. The minimum Gasteiger partial charge on any atom is -0.476 e. The summed E-state index contributed by atoms with van der Waals surface area (Å²) in [5.41, 5.74) is 5.07. The molecule has 1 rings (SSSR count). The van der Waals surface area contributed by atoms with E-state index in [0.717, 1.165) is 0 Å². The third-order valence-corrected chi connectivity index (χ3v) is 1.79. The van der Waals surface area contributed by atoms with E-state index in [1.54, 1.807) is 0 Å². The van der Waals surface area contributed by atoms with Crippen LogP contribution in [0.25, 0.3) is 0 Å². The van der Waals surface area contributed by atoms with Crippen LogP contribution in [0.15, 0.2) is 6.07 Å². The first-order valence-corrected chi connectivity index (χ1v) is 4.52. The van der Waals surface area contributed by atoms with Crippen LogP contribution in [0.1, 0.15) is 34.8 Å². The molecular formula is C9H13N3O3. The Morgan fingerprint density at radius 3 is 2.60 bits per heavy atom. The molecule has 0 saturated heterocycles. The molecule has 0 bridgehead atoms. The number of amides is 1. The van der Waals surface area contributed by atoms with Crippen LogP contribution in [0, 0.1) is 5.92 Å². The summed E-state index contributed by atoms with van der Waals surface area (Å²) in [4.78, 5) is 21.7. The molecule has 1 aromatic heterocycles. The topological polar surface area (TPSA) is 98.2 Å². The zero-order chi connectivity index (χ0) is 11.6. The number of aromatic carboxylic acids is 1. The molecule has 0 radical (unpaired) electrons. The zero-order valence-electron chi connectivity index (χ0n) is 8.60. The van der Waals surface area contributed by atoms with E-state index in [2.05, 4.69) is 5.10 Å². The molecule has 1 heterocycles. The molecule has 0 aliphatic rings. The third-order valence-electron chi connectivity index (χ3n) is 1.79. The fraction of sp³-hybridized carbons (Fsp3) is 0.444. The van der Waals surface area contributed by atoms with Gasteiger partial charge in [0.15, 0.2) is 5.69 Å². The van der Waals surface area contributed by atoms with Crippen LogP contribution < -0.4 is 5.73 Å². The van der Waals surface area contributed by atoms with E-state index in [9.17, 15) is 9.59 Å². The SMILES string of the molecule is CC(C)Cn1nc(C(=O)O)cc1C(N)=O. The number of carbonyl (C=O) groups is 2. The lowest BCUT2D eigenvalue weighted by molar-refractivity contribution is 0.0689. The van der Waals surface area contributed by atoms with Crippen molar-refractivity contribution in [1.82, 2.24) is 9.78 Å². The maximum Gasteiger partial charge on any atom is 0.356 e. The van der Waals surface area contributed by atoms with E-state index >= 15 is 0 Å². The molecule has 0 atom stereocenters. The highest BCUT2D eigenvalue weighted by atomic mass is 16.4. The Balaban J connectivity index is 3.11.